The summed E-state index contributed by atoms with van der Waals surface area (Å²) in [5.41, 5.74) is 5.99. The molecule has 1 aliphatic rings. The minimum Gasteiger partial charge on any atom is -0.325 e. The molecule has 0 saturated heterocycles. The van der Waals surface area contributed by atoms with E-state index < -0.39 is 10.7 Å². The fourth-order valence-electron chi connectivity index (χ4n) is 1.58. The normalized spacial score (nSPS) is 17.5. The van der Waals surface area contributed by atoms with Crippen LogP contribution in [0.15, 0.2) is 18.2 Å². The van der Waals surface area contributed by atoms with Crippen LogP contribution >= 0.6 is 0 Å². The van der Waals surface area contributed by atoms with Gasteiger partial charge in [-0.1, -0.05) is 0 Å². The van der Waals surface area contributed by atoms with Gasteiger partial charge in [-0.3, -0.25) is 10.1 Å². The fraction of sp³-hybridized carbons (Fsp3) is 0.400. The Kier molecular flexibility index (Phi) is 2.19. The van der Waals surface area contributed by atoms with Crippen molar-refractivity contribution in [2.75, 3.05) is 0 Å². The van der Waals surface area contributed by atoms with Gasteiger partial charge in [0.1, 0.15) is 5.82 Å². The van der Waals surface area contributed by atoms with Crippen molar-refractivity contribution in [3.63, 3.8) is 0 Å². The SMILES string of the molecule is NC1(Cc2cc(F)cc([N+](=O)[O-])c2)CC1. The van der Waals surface area contributed by atoms with Crippen molar-refractivity contribution in [2.24, 2.45) is 5.73 Å². The highest BCUT2D eigenvalue weighted by Gasteiger charge is 2.38. The van der Waals surface area contributed by atoms with Crippen LogP contribution in [-0.2, 0) is 6.42 Å². The Morgan fingerprint density at radius 3 is 2.67 bits per heavy atom. The van der Waals surface area contributed by atoms with Crippen molar-refractivity contribution in [2.45, 2.75) is 24.8 Å². The van der Waals surface area contributed by atoms with Crippen LogP contribution in [0.3, 0.4) is 0 Å². The summed E-state index contributed by atoms with van der Waals surface area (Å²) < 4.78 is 13.0. The van der Waals surface area contributed by atoms with Gasteiger partial charge in [0.25, 0.3) is 5.69 Å². The molecule has 2 N–H and O–H groups in total. The Hall–Kier alpha value is -1.49. The highest BCUT2D eigenvalue weighted by Crippen LogP contribution is 2.36. The molecule has 1 saturated carbocycles. The quantitative estimate of drug-likeness (QED) is 0.610. The molecule has 0 heterocycles. The molecule has 0 spiro atoms. The van der Waals surface area contributed by atoms with Gasteiger partial charge in [0, 0.05) is 11.6 Å². The molecule has 0 amide bonds. The standard InChI is InChI=1S/C10H11FN2O2/c11-8-3-7(6-10(12)1-2-10)4-9(5-8)13(14)15/h3-5H,1-2,6,12H2. The van der Waals surface area contributed by atoms with E-state index in [1.54, 1.807) is 0 Å². The van der Waals surface area contributed by atoms with Crippen LogP contribution in [0.2, 0.25) is 0 Å². The van der Waals surface area contributed by atoms with Crippen molar-refractivity contribution in [3.05, 3.63) is 39.7 Å². The van der Waals surface area contributed by atoms with Gasteiger partial charge in [-0.2, -0.15) is 0 Å². The van der Waals surface area contributed by atoms with E-state index in [1.807, 2.05) is 0 Å². The monoisotopic (exact) mass is 210 g/mol. The van der Waals surface area contributed by atoms with Crippen molar-refractivity contribution >= 4 is 5.69 Å². The zero-order valence-electron chi connectivity index (χ0n) is 8.07. The largest absolute Gasteiger partial charge is 0.325 e. The van der Waals surface area contributed by atoms with E-state index in [-0.39, 0.29) is 11.2 Å². The summed E-state index contributed by atoms with van der Waals surface area (Å²) in [5.74, 6) is -0.580. The Morgan fingerprint density at radius 1 is 1.47 bits per heavy atom. The van der Waals surface area contributed by atoms with E-state index in [1.165, 1.54) is 12.1 Å². The maximum Gasteiger partial charge on any atom is 0.272 e. The van der Waals surface area contributed by atoms with Gasteiger partial charge in [-0.25, -0.2) is 4.39 Å². The first kappa shape index (κ1) is 10.0. The number of nitrogens with zero attached hydrogens (tertiary/aromatic N) is 1. The van der Waals surface area contributed by atoms with Crippen LogP contribution in [0.4, 0.5) is 10.1 Å². The zero-order valence-corrected chi connectivity index (χ0v) is 8.07. The maximum atomic E-state index is 13.0. The number of nitrogens with two attached hydrogens (primary N) is 1. The summed E-state index contributed by atoms with van der Waals surface area (Å²) >= 11 is 0. The molecule has 1 aromatic carbocycles. The predicted octanol–water partition coefficient (Wildman–Crippen LogP) is 1.77. The van der Waals surface area contributed by atoms with Crippen molar-refractivity contribution in [1.82, 2.24) is 0 Å². The number of hydrogen-bond donors (Lipinski definition) is 1. The topological polar surface area (TPSA) is 69.2 Å². The lowest BCUT2D eigenvalue weighted by atomic mass is 10.0. The zero-order chi connectivity index (χ0) is 11.1. The first-order valence-corrected chi connectivity index (χ1v) is 4.71. The van der Waals surface area contributed by atoms with E-state index in [9.17, 15) is 14.5 Å². The Balaban J connectivity index is 2.27. The van der Waals surface area contributed by atoms with Crippen LogP contribution in [-0.4, -0.2) is 10.5 Å². The Labute approximate surface area is 86.0 Å². The van der Waals surface area contributed by atoms with E-state index in [4.69, 9.17) is 5.73 Å². The van der Waals surface area contributed by atoms with Gasteiger partial charge in [-0.15, -0.1) is 0 Å². The molecule has 0 atom stereocenters. The predicted molar refractivity (Wildman–Crippen MR) is 52.9 cm³/mol. The van der Waals surface area contributed by atoms with Crippen molar-refractivity contribution in [1.29, 1.82) is 0 Å². The summed E-state index contributed by atoms with van der Waals surface area (Å²) in [6.07, 6.45) is 2.31. The molecule has 1 fully saturated rings. The van der Waals surface area contributed by atoms with Crippen LogP contribution in [0.1, 0.15) is 18.4 Å². The third kappa shape index (κ3) is 2.30. The lowest BCUT2D eigenvalue weighted by molar-refractivity contribution is -0.385. The van der Waals surface area contributed by atoms with Gasteiger partial charge in [0.05, 0.1) is 11.0 Å². The molecule has 5 heteroatoms. The molecule has 15 heavy (non-hydrogen) atoms. The first-order chi connectivity index (χ1) is 6.98. The van der Waals surface area contributed by atoms with Crippen molar-refractivity contribution < 1.29 is 9.31 Å². The van der Waals surface area contributed by atoms with Crippen LogP contribution < -0.4 is 5.73 Å². The highest BCUT2D eigenvalue weighted by atomic mass is 19.1. The second-order valence-electron chi connectivity index (χ2n) is 4.11. The second kappa shape index (κ2) is 3.27. The highest BCUT2D eigenvalue weighted by molar-refractivity contribution is 5.36. The minimum atomic E-state index is -0.595. The molecule has 4 nitrogen and oxygen atoms in total. The summed E-state index contributed by atoms with van der Waals surface area (Å²) in [6.45, 7) is 0. The molecular formula is C10H11FN2O2. The number of nitro groups is 1. The molecule has 0 unspecified atom stereocenters. The minimum absolute atomic E-state index is 0.214. The maximum absolute atomic E-state index is 13.0. The molecular weight excluding hydrogens is 199 g/mol. The molecule has 1 aliphatic carbocycles. The van der Waals surface area contributed by atoms with Crippen LogP contribution in [0, 0.1) is 15.9 Å². The molecule has 2 rings (SSSR count). The first-order valence-electron chi connectivity index (χ1n) is 4.71. The lowest BCUT2D eigenvalue weighted by Gasteiger charge is -2.07. The van der Waals surface area contributed by atoms with Crippen LogP contribution in [0.25, 0.3) is 0 Å². The van der Waals surface area contributed by atoms with Gasteiger partial charge in [-0.05, 0) is 30.9 Å². The van der Waals surface area contributed by atoms with E-state index in [2.05, 4.69) is 0 Å². The number of non-ortho nitro benzene ring substituents is 1. The van der Waals surface area contributed by atoms with Gasteiger partial charge < -0.3 is 5.73 Å². The number of nitro benzene ring substituents is 1. The molecule has 1 aromatic rings. The summed E-state index contributed by atoms with van der Waals surface area (Å²) in [7, 11) is 0. The van der Waals surface area contributed by atoms with E-state index in [0.29, 0.717) is 12.0 Å². The van der Waals surface area contributed by atoms with Gasteiger partial charge in [0.2, 0.25) is 0 Å². The number of benzene rings is 1. The van der Waals surface area contributed by atoms with E-state index in [0.717, 1.165) is 18.9 Å². The van der Waals surface area contributed by atoms with Gasteiger partial charge in [0.15, 0.2) is 0 Å². The Morgan fingerprint density at radius 2 is 2.13 bits per heavy atom. The van der Waals surface area contributed by atoms with E-state index >= 15 is 0 Å². The Bertz CT molecular complexity index is 416. The molecule has 0 aromatic heterocycles. The molecule has 0 bridgehead atoms. The van der Waals surface area contributed by atoms with Crippen LogP contribution in [0.5, 0.6) is 0 Å². The van der Waals surface area contributed by atoms with Gasteiger partial charge >= 0.3 is 0 Å². The third-order valence-corrected chi connectivity index (χ3v) is 2.60. The summed E-state index contributed by atoms with van der Waals surface area (Å²) in [4.78, 5) is 9.90. The summed E-state index contributed by atoms with van der Waals surface area (Å²) in [5, 5.41) is 10.5. The van der Waals surface area contributed by atoms with Crippen molar-refractivity contribution in [3.8, 4) is 0 Å². The average molecular weight is 210 g/mol. The number of hydrogen-bond acceptors (Lipinski definition) is 3. The molecule has 0 radical (unpaired) electrons. The second-order valence-corrected chi connectivity index (χ2v) is 4.11. The molecule has 0 aliphatic heterocycles. The summed E-state index contributed by atoms with van der Waals surface area (Å²) in [6, 6.07) is 3.61. The fourth-order valence-corrected chi connectivity index (χ4v) is 1.58. The lowest BCUT2D eigenvalue weighted by Crippen LogP contribution is -2.24. The smallest absolute Gasteiger partial charge is 0.272 e. The molecule has 80 valence electrons. The number of rotatable bonds is 3. The number of halogens is 1. The third-order valence-electron chi connectivity index (χ3n) is 2.60. The average Bonchev–Trinajstić information content (AvgIpc) is 2.81.